The van der Waals surface area contributed by atoms with E-state index in [-0.39, 0.29) is 22.2 Å². The second kappa shape index (κ2) is 5.68. The maximum atomic E-state index is 12.3. The summed E-state index contributed by atoms with van der Waals surface area (Å²) in [6.45, 7) is 0. The lowest BCUT2D eigenvalue weighted by atomic mass is 10.1. The molecule has 1 atom stereocenters. The van der Waals surface area contributed by atoms with Gasteiger partial charge in [-0.2, -0.15) is 0 Å². The lowest BCUT2D eigenvalue weighted by Gasteiger charge is -2.20. The normalized spacial score (nSPS) is 18.1. The van der Waals surface area contributed by atoms with Gasteiger partial charge in [0.05, 0.1) is 10.8 Å². The van der Waals surface area contributed by atoms with Gasteiger partial charge in [-0.15, -0.1) is 11.8 Å². The minimum absolute atomic E-state index is 0.153. The first-order valence-electron chi connectivity index (χ1n) is 5.48. The summed E-state index contributed by atoms with van der Waals surface area (Å²) in [5.41, 5.74) is -0.698. The number of carboxylic acids is 1. The minimum atomic E-state index is -1.13. The van der Waals surface area contributed by atoms with Crippen LogP contribution in [0.25, 0.3) is 0 Å². The molecular weight excluding hydrogens is 308 g/mol. The van der Waals surface area contributed by atoms with E-state index >= 15 is 0 Å². The van der Waals surface area contributed by atoms with E-state index in [2.05, 4.69) is 0 Å². The molecule has 0 spiro atoms. The van der Waals surface area contributed by atoms with Gasteiger partial charge in [-0.1, -0.05) is 17.7 Å². The van der Waals surface area contributed by atoms with Crippen LogP contribution in [0, 0.1) is 10.1 Å². The highest BCUT2D eigenvalue weighted by atomic mass is 35.5. The van der Waals surface area contributed by atoms with E-state index in [0.717, 1.165) is 4.90 Å². The zero-order valence-corrected chi connectivity index (χ0v) is 11.6. The predicted octanol–water partition coefficient (Wildman–Crippen LogP) is 1.85. The monoisotopic (exact) mass is 316 g/mol. The molecule has 0 aromatic heterocycles. The molecule has 20 heavy (non-hydrogen) atoms. The molecule has 0 bridgehead atoms. The first-order chi connectivity index (χ1) is 9.43. The molecule has 1 saturated heterocycles. The van der Waals surface area contributed by atoms with Crippen molar-refractivity contribution in [2.45, 2.75) is 6.04 Å². The summed E-state index contributed by atoms with van der Waals surface area (Å²) >= 11 is 7.02. The van der Waals surface area contributed by atoms with Crippen molar-refractivity contribution < 1.29 is 19.6 Å². The molecule has 0 radical (unpaired) electrons. The molecule has 0 saturated carbocycles. The van der Waals surface area contributed by atoms with Crippen LogP contribution in [0.1, 0.15) is 10.4 Å². The third kappa shape index (κ3) is 2.56. The molecular formula is C11H9ClN2O5S. The highest BCUT2D eigenvalue weighted by molar-refractivity contribution is 7.99. The Morgan fingerprint density at radius 3 is 2.80 bits per heavy atom. The molecule has 1 heterocycles. The maximum Gasteiger partial charge on any atom is 0.327 e. The van der Waals surface area contributed by atoms with Crippen molar-refractivity contribution in [3.8, 4) is 0 Å². The first kappa shape index (κ1) is 14.6. The van der Waals surface area contributed by atoms with Crippen molar-refractivity contribution in [3.05, 3.63) is 38.9 Å². The van der Waals surface area contributed by atoms with Crippen LogP contribution < -0.4 is 0 Å². The molecule has 106 valence electrons. The number of benzene rings is 1. The van der Waals surface area contributed by atoms with E-state index in [0.29, 0.717) is 0 Å². The second-order valence-electron chi connectivity index (χ2n) is 4.02. The van der Waals surface area contributed by atoms with Crippen molar-refractivity contribution in [2.24, 2.45) is 0 Å². The Hall–Kier alpha value is -1.80. The van der Waals surface area contributed by atoms with Gasteiger partial charge in [-0.05, 0) is 12.1 Å². The topological polar surface area (TPSA) is 101 Å². The number of carbonyl (C=O) groups excluding carboxylic acids is 1. The molecule has 9 heteroatoms. The Bertz CT molecular complexity index is 594. The number of halogens is 1. The fourth-order valence-corrected chi connectivity index (χ4v) is 3.26. The van der Waals surface area contributed by atoms with Gasteiger partial charge in [0.15, 0.2) is 0 Å². The zero-order chi connectivity index (χ0) is 14.9. The number of rotatable bonds is 3. The predicted molar refractivity (Wildman–Crippen MR) is 73.0 cm³/mol. The Morgan fingerprint density at radius 2 is 2.20 bits per heavy atom. The second-order valence-corrected chi connectivity index (χ2v) is 5.43. The summed E-state index contributed by atoms with van der Waals surface area (Å²) in [6, 6.07) is 3.02. The van der Waals surface area contributed by atoms with Gasteiger partial charge < -0.3 is 10.0 Å². The SMILES string of the molecule is O=C(O)[C@@H]1CSCN1C(=O)c1cccc(Cl)c1[N+](=O)[O-]. The largest absolute Gasteiger partial charge is 0.480 e. The standard InChI is InChI=1S/C11H9ClN2O5S/c12-7-3-1-2-6(9(7)14(18)19)10(15)13-5-20-4-8(13)11(16)17/h1-3,8H,4-5H2,(H,16,17)/t8-/m0/s1. The third-order valence-corrected chi connectivity index (χ3v) is 4.15. The van der Waals surface area contributed by atoms with Gasteiger partial charge >= 0.3 is 11.7 Å². The summed E-state index contributed by atoms with van der Waals surface area (Å²) in [5, 5.41) is 19.9. The average Bonchev–Trinajstić information content (AvgIpc) is 2.86. The quantitative estimate of drug-likeness (QED) is 0.674. The van der Waals surface area contributed by atoms with E-state index in [1.54, 1.807) is 0 Å². The summed E-state index contributed by atoms with van der Waals surface area (Å²) in [7, 11) is 0. The van der Waals surface area contributed by atoms with E-state index in [9.17, 15) is 19.7 Å². The van der Waals surface area contributed by atoms with Crippen LogP contribution in [0.4, 0.5) is 5.69 Å². The van der Waals surface area contributed by atoms with Gasteiger partial charge in [0, 0.05) is 5.75 Å². The summed E-state index contributed by atoms with van der Waals surface area (Å²) in [6.07, 6.45) is 0. The number of hydrogen-bond donors (Lipinski definition) is 1. The molecule has 1 fully saturated rings. The highest BCUT2D eigenvalue weighted by Crippen LogP contribution is 2.31. The molecule has 0 unspecified atom stereocenters. The van der Waals surface area contributed by atoms with Crippen molar-refractivity contribution in [1.29, 1.82) is 0 Å². The zero-order valence-electron chi connectivity index (χ0n) is 9.98. The third-order valence-electron chi connectivity index (χ3n) is 2.83. The van der Waals surface area contributed by atoms with E-state index in [4.69, 9.17) is 16.7 Å². The molecule has 0 aliphatic carbocycles. The Labute approximate surface area is 122 Å². The molecule has 1 aliphatic heterocycles. The van der Waals surface area contributed by atoms with Crippen molar-refractivity contribution in [3.63, 3.8) is 0 Å². The fraction of sp³-hybridized carbons (Fsp3) is 0.273. The van der Waals surface area contributed by atoms with Gasteiger partial charge in [0.2, 0.25) is 0 Å². The lowest BCUT2D eigenvalue weighted by Crippen LogP contribution is -2.41. The van der Waals surface area contributed by atoms with E-state index in [1.165, 1.54) is 30.0 Å². The number of hydrogen-bond acceptors (Lipinski definition) is 5. The van der Waals surface area contributed by atoms with Crippen LogP contribution in [-0.2, 0) is 4.79 Å². The van der Waals surface area contributed by atoms with Crippen LogP contribution in [-0.4, -0.2) is 44.5 Å². The molecule has 1 amide bonds. The number of nitro groups is 1. The average molecular weight is 317 g/mol. The van der Waals surface area contributed by atoms with Crippen LogP contribution >= 0.6 is 23.4 Å². The lowest BCUT2D eigenvalue weighted by molar-refractivity contribution is -0.385. The van der Waals surface area contributed by atoms with E-state index in [1.807, 2.05) is 0 Å². The molecule has 1 aromatic carbocycles. The highest BCUT2D eigenvalue weighted by Gasteiger charge is 2.37. The minimum Gasteiger partial charge on any atom is -0.480 e. The Balaban J connectivity index is 2.42. The first-order valence-corrected chi connectivity index (χ1v) is 7.01. The summed E-state index contributed by atoms with van der Waals surface area (Å²) in [4.78, 5) is 34.8. The van der Waals surface area contributed by atoms with Crippen LogP contribution in [0.3, 0.4) is 0 Å². The van der Waals surface area contributed by atoms with Crippen LogP contribution in [0.2, 0.25) is 5.02 Å². The maximum absolute atomic E-state index is 12.3. The number of nitro benzene ring substituents is 1. The van der Waals surface area contributed by atoms with Crippen molar-refractivity contribution in [2.75, 3.05) is 11.6 Å². The molecule has 1 aromatic rings. The fourth-order valence-electron chi connectivity index (χ4n) is 1.88. The van der Waals surface area contributed by atoms with Gasteiger partial charge in [0.25, 0.3) is 5.91 Å². The number of amides is 1. The van der Waals surface area contributed by atoms with Gasteiger partial charge in [-0.3, -0.25) is 14.9 Å². The molecule has 1 N–H and O–H groups in total. The van der Waals surface area contributed by atoms with Crippen LogP contribution in [0.15, 0.2) is 18.2 Å². The van der Waals surface area contributed by atoms with Crippen molar-refractivity contribution in [1.82, 2.24) is 4.90 Å². The number of aliphatic carboxylic acids is 1. The summed E-state index contributed by atoms with van der Waals surface area (Å²) in [5.74, 6) is -1.39. The van der Waals surface area contributed by atoms with E-state index < -0.39 is 28.5 Å². The molecule has 2 rings (SSSR count). The van der Waals surface area contributed by atoms with Gasteiger partial charge in [-0.25, -0.2) is 4.79 Å². The Kier molecular flexibility index (Phi) is 4.15. The number of carboxylic acid groups (broad SMARTS) is 1. The number of carbonyl (C=O) groups is 2. The van der Waals surface area contributed by atoms with Crippen LogP contribution in [0.5, 0.6) is 0 Å². The molecule has 1 aliphatic rings. The number of nitrogens with zero attached hydrogens (tertiary/aromatic N) is 2. The smallest absolute Gasteiger partial charge is 0.327 e. The Morgan fingerprint density at radius 1 is 1.50 bits per heavy atom. The summed E-state index contributed by atoms with van der Waals surface area (Å²) < 4.78 is 0. The molecule has 7 nitrogen and oxygen atoms in total. The number of para-hydroxylation sites is 1. The van der Waals surface area contributed by atoms with Crippen molar-refractivity contribution >= 4 is 40.9 Å². The number of thioether (sulfide) groups is 1. The van der Waals surface area contributed by atoms with Gasteiger partial charge in [0.1, 0.15) is 16.6 Å².